The van der Waals surface area contributed by atoms with Crippen LogP contribution in [0.2, 0.25) is 0 Å². The molecule has 0 saturated carbocycles. The Morgan fingerprint density at radius 1 is 1.03 bits per heavy atom. The molecule has 0 aliphatic carbocycles. The number of aliphatic hydroxyl groups excluding tert-OH is 1. The van der Waals surface area contributed by atoms with Crippen molar-refractivity contribution in [3.8, 4) is 0 Å². The highest BCUT2D eigenvalue weighted by atomic mass is 16.4. The lowest BCUT2D eigenvalue weighted by atomic mass is 10.00. The third-order valence-electron chi connectivity index (χ3n) is 5.49. The highest BCUT2D eigenvalue weighted by molar-refractivity contribution is 5.69. The van der Waals surface area contributed by atoms with Crippen molar-refractivity contribution in [3.05, 3.63) is 66.0 Å². The van der Waals surface area contributed by atoms with Gasteiger partial charge in [0.15, 0.2) is 0 Å². The molecule has 3 N–H and O–H groups in total. The number of carbonyl (C=O) groups is 1. The predicted octanol–water partition coefficient (Wildman–Crippen LogP) is 1.24. The molecule has 162 valence electrons. The van der Waals surface area contributed by atoms with Crippen molar-refractivity contribution < 1.29 is 15.0 Å². The Bertz CT molecular complexity index is 752. The molecule has 1 aliphatic heterocycles. The van der Waals surface area contributed by atoms with E-state index in [1.165, 1.54) is 5.56 Å². The minimum atomic E-state index is -0.882. The molecule has 7 heteroatoms. The first kappa shape index (κ1) is 22.4. The summed E-state index contributed by atoms with van der Waals surface area (Å²) in [5, 5.41) is 22.8. The first-order chi connectivity index (χ1) is 14.6. The number of aromatic nitrogens is 1. The van der Waals surface area contributed by atoms with Crippen LogP contribution in [0.15, 0.2) is 54.9 Å². The van der Waals surface area contributed by atoms with Gasteiger partial charge in [0, 0.05) is 57.7 Å². The minimum absolute atomic E-state index is 0.0784. The summed E-state index contributed by atoms with van der Waals surface area (Å²) in [6.45, 7) is 5.19. The second-order valence-electron chi connectivity index (χ2n) is 7.99. The lowest BCUT2D eigenvalue weighted by Gasteiger charge is -2.36. The first-order valence-electron chi connectivity index (χ1n) is 10.6. The highest BCUT2D eigenvalue weighted by Crippen LogP contribution is 2.12. The number of hydrogen-bond acceptors (Lipinski definition) is 6. The fraction of sp³-hybridized carbons (Fsp3) is 0.478. The fourth-order valence-electron chi connectivity index (χ4n) is 3.95. The van der Waals surface area contributed by atoms with Gasteiger partial charge in [-0.05, 0) is 30.0 Å². The molecule has 3 rings (SSSR count). The van der Waals surface area contributed by atoms with E-state index in [0.717, 1.165) is 38.3 Å². The topological polar surface area (TPSA) is 88.9 Å². The molecule has 1 aromatic heterocycles. The smallest absolute Gasteiger partial charge is 0.317 e. The highest BCUT2D eigenvalue weighted by Gasteiger charge is 2.22. The number of hydrogen-bond donors (Lipinski definition) is 3. The largest absolute Gasteiger partial charge is 0.480 e. The van der Waals surface area contributed by atoms with Crippen LogP contribution in [0.25, 0.3) is 0 Å². The summed E-state index contributed by atoms with van der Waals surface area (Å²) in [6, 6.07) is 14.0. The van der Waals surface area contributed by atoms with Gasteiger partial charge in [-0.1, -0.05) is 36.4 Å². The van der Waals surface area contributed by atoms with Crippen LogP contribution >= 0.6 is 0 Å². The Labute approximate surface area is 178 Å². The maximum absolute atomic E-state index is 11.0. The summed E-state index contributed by atoms with van der Waals surface area (Å²) in [5.74, 6) is -0.882. The van der Waals surface area contributed by atoms with Crippen LogP contribution in [0.3, 0.4) is 0 Å². The van der Waals surface area contributed by atoms with Crippen LogP contribution in [-0.4, -0.2) is 82.4 Å². The second kappa shape index (κ2) is 11.8. The minimum Gasteiger partial charge on any atom is -0.480 e. The number of β-amino-alcohol motifs (C(OH)–C–C–N with tert-alkyl or cyclic N) is 1. The third kappa shape index (κ3) is 7.84. The zero-order chi connectivity index (χ0) is 21.2. The summed E-state index contributed by atoms with van der Waals surface area (Å²) < 4.78 is 0. The first-order valence-corrected chi connectivity index (χ1v) is 10.6. The number of pyridine rings is 1. The van der Waals surface area contributed by atoms with Crippen LogP contribution in [0.5, 0.6) is 0 Å². The maximum Gasteiger partial charge on any atom is 0.317 e. The Balaban J connectivity index is 1.44. The molecule has 0 bridgehead atoms. The molecule has 7 nitrogen and oxygen atoms in total. The molecule has 2 aromatic rings. The molecule has 1 aromatic carbocycles. The van der Waals surface area contributed by atoms with E-state index in [0.29, 0.717) is 19.4 Å². The van der Waals surface area contributed by atoms with Gasteiger partial charge in [0.2, 0.25) is 0 Å². The molecule has 0 radical (unpaired) electrons. The van der Waals surface area contributed by atoms with Crippen molar-refractivity contribution in [2.75, 3.05) is 39.3 Å². The molecular formula is C23H32N4O3. The Hall–Kier alpha value is -2.32. The normalized spacial score (nSPS) is 17.5. The Kier molecular flexibility index (Phi) is 8.77. The zero-order valence-electron chi connectivity index (χ0n) is 17.4. The molecule has 2 atom stereocenters. The zero-order valence-corrected chi connectivity index (χ0v) is 17.4. The summed E-state index contributed by atoms with van der Waals surface area (Å²) in [4.78, 5) is 19.9. The quantitative estimate of drug-likeness (QED) is 0.512. The van der Waals surface area contributed by atoms with E-state index in [2.05, 4.69) is 26.2 Å². The van der Waals surface area contributed by atoms with E-state index in [4.69, 9.17) is 5.11 Å². The number of aliphatic carboxylic acids is 1. The molecule has 30 heavy (non-hydrogen) atoms. The molecule has 1 unspecified atom stereocenters. The van der Waals surface area contributed by atoms with Crippen LogP contribution in [-0.2, 0) is 17.8 Å². The number of rotatable bonds is 11. The summed E-state index contributed by atoms with van der Waals surface area (Å²) in [5.41, 5.74) is 2.36. The van der Waals surface area contributed by atoms with Gasteiger partial charge in [-0.3, -0.25) is 19.6 Å². The van der Waals surface area contributed by atoms with Gasteiger partial charge in [0.05, 0.1) is 12.6 Å². The predicted molar refractivity (Wildman–Crippen MR) is 116 cm³/mol. The molecule has 1 fully saturated rings. The van der Waals surface area contributed by atoms with Gasteiger partial charge in [-0.2, -0.15) is 0 Å². The molecule has 0 spiro atoms. The van der Waals surface area contributed by atoms with Crippen LogP contribution in [0.1, 0.15) is 17.5 Å². The summed E-state index contributed by atoms with van der Waals surface area (Å²) in [7, 11) is 0. The van der Waals surface area contributed by atoms with E-state index in [1.54, 1.807) is 6.20 Å². The molecule has 0 amide bonds. The van der Waals surface area contributed by atoms with Crippen LogP contribution in [0.4, 0.5) is 0 Å². The van der Waals surface area contributed by atoms with Crippen molar-refractivity contribution in [3.63, 3.8) is 0 Å². The Morgan fingerprint density at radius 2 is 1.73 bits per heavy atom. The van der Waals surface area contributed by atoms with E-state index < -0.39 is 12.1 Å². The number of benzene rings is 1. The average molecular weight is 413 g/mol. The number of piperazine rings is 1. The lowest BCUT2D eigenvalue weighted by Crippen LogP contribution is -2.49. The molecule has 1 aliphatic rings. The van der Waals surface area contributed by atoms with Crippen molar-refractivity contribution in [1.29, 1.82) is 0 Å². The second-order valence-corrected chi connectivity index (χ2v) is 7.99. The van der Waals surface area contributed by atoms with E-state index >= 15 is 0 Å². The number of aliphatic hydroxyl groups is 1. The average Bonchev–Trinajstić information content (AvgIpc) is 2.75. The van der Waals surface area contributed by atoms with Crippen molar-refractivity contribution >= 4 is 5.97 Å². The molecular weight excluding hydrogens is 380 g/mol. The molecule has 1 saturated heterocycles. The van der Waals surface area contributed by atoms with Crippen LogP contribution < -0.4 is 5.32 Å². The van der Waals surface area contributed by atoms with Gasteiger partial charge in [0.25, 0.3) is 0 Å². The van der Waals surface area contributed by atoms with Gasteiger partial charge < -0.3 is 15.5 Å². The SMILES string of the molecule is O=C(O)CNC(Cc1ccccc1)C[C@H](O)CN1CCN(Cc2cccnc2)CC1. The summed E-state index contributed by atoms with van der Waals surface area (Å²) in [6.07, 6.45) is 4.43. The third-order valence-corrected chi connectivity index (χ3v) is 5.49. The molecule has 2 heterocycles. The summed E-state index contributed by atoms with van der Waals surface area (Å²) >= 11 is 0. The Morgan fingerprint density at radius 3 is 2.40 bits per heavy atom. The van der Waals surface area contributed by atoms with E-state index in [1.807, 2.05) is 42.6 Å². The van der Waals surface area contributed by atoms with Crippen molar-refractivity contribution in [2.45, 2.75) is 31.5 Å². The van der Waals surface area contributed by atoms with Gasteiger partial charge in [-0.25, -0.2) is 0 Å². The number of carboxylic acid groups (broad SMARTS) is 1. The number of carboxylic acids is 1. The number of nitrogens with one attached hydrogen (secondary N) is 1. The van der Waals surface area contributed by atoms with Crippen molar-refractivity contribution in [1.82, 2.24) is 20.1 Å². The van der Waals surface area contributed by atoms with Gasteiger partial charge in [0.1, 0.15) is 0 Å². The van der Waals surface area contributed by atoms with Crippen LogP contribution in [0, 0.1) is 0 Å². The lowest BCUT2D eigenvalue weighted by molar-refractivity contribution is -0.136. The standard InChI is InChI=1S/C23H32N4O3/c28-22(14-21(25-16-23(29)30)13-19-5-2-1-3-6-19)18-27-11-9-26(10-12-27)17-20-7-4-8-24-15-20/h1-8,15,21-22,25,28H,9-14,16-18H2,(H,29,30)/t21?,22-/m0/s1. The van der Waals surface area contributed by atoms with Crippen molar-refractivity contribution in [2.24, 2.45) is 0 Å². The van der Waals surface area contributed by atoms with Gasteiger partial charge >= 0.3 is 5.97 Å². The maximum atomic E-state index is 11.0. The van der Waals surface area contributed by atoms with E-state index in [-0.39, 0.29) is 12.6 Å². The number of nitrogens with zero attached hydrogens (tertiary/aromatic N) is 3. The van der Waals surface area contributed by atoms with Gasteiger partial charge in [-0.15, -0.1) is 0 Å². The van der Waals surface area contributed by atoms with E-state index in [9.17, 15) is 9.90 Å². The monoisotopic (exact) mass is 412 g/mol. The fourth-order valence-corrected chi connectivity index (χ4v) is 3.95.